The van der Waals surface area contributed by atoms with Crippen LogP contribution in [0.4, 0.5) is 0 Å². The number of carbonyl (C=O) groups is 1. The van der Waals surface area contributed by atoms with Crippen molar-refractivity contribution in [2.24, 2.45) is 22.7 Å². The summed E-state index contributed by atoms with van der Waals surface area (Å²) in [4.78, 5) is 13.0. The number of Topliss-reactive ketones (excluding diaryl/α,β-unsaturated/α-hetero) is 1. The third-order valence-electron chi connectivity index (χ3n) is 8.23. The van der Waals surface area contributed by atoms with Crippen LogP contribution < -0.4 is 0 Å². The molecule has 1 spiro atoms. The van der Waals surface area contributed by atoms with Gasteiger partial charge in [-0.1, -0.05) is 25.5 Å². The van der Waals surface area contributed by atoms with Gasteiger partial charge < -0.3 is 24.8 Å². The molecule has 2 aliphatic heterocycles. The van der Waals surface area contributed by atoms with Crippen molar-refractivity contribution < 1.29 is 29.6 Å². The first-order valence-corrected chi connectivity index (χ1v) is 9.64. The average Bonchev–Trinajstić information content (AvgIpc) is 3.37. The average molecular weight is 366 g/mol. The predicted octanol–water partition coefficient (Wildman–Crippen LogP) is 1.17. The molecule has 3 fully saturated rings. The van der Waals surface area contributed by atoms with Crippen LogP contribution in [0.15, 0.2) is 11.6 Å². The van der Waals surface area contributed by atoms with Crippen LogP contribution in [-0.2, 0) is 14.3 Å². The number of ketones is 1. The molecule has 6 heteroatoms. The van der Waals surface area contributed by atoms with E-state index in [4.69, 9.17) is 9.47 Å². The molecule has 6 nitrogen and oxygen atoms in total. The van der Waals surface area contributed by atoms with Gasteiger partial charge in [0, 0.05) is 0 Å². The van der Waals surface area contributed by atoms with Crippen LogP contribution in [0.25, 0.3) is 0 Å². The number of allylic oxidation sites excluding steroid dienone is 2. The van der Waals surface area contributed by atoms with Gasteiger partial charge in [-0.2, -0.15) is 0 Å². The number of hydrogen-bond acceptors (Lipinski definition) is 6. The summed E-state index contributed by atoms with van der Waals surface area (Å²) in [5, 5.41) is 31.0. The summed E-state index contributed by atoms with van der Waals surface area (Å²) < 4.78 is 11.2. The molecular weight excluding hydrogens is 336 g/mol. The highest BCUT2D eigenvalue weighted by Gasteiger charge is 2.69. The number of ether oxygens (including phenoxy) is 2. The van der Waals surface area contributed by atoms with E-state index < -0.39 is 35.6 Å². The summed E-state index contributed by atoms with van der Waals surface area (Å²) in [6.45, 7) is 8.35. The van der Waals surface area contributed by atoms with E-state index >= 15 is 0 Å². The minimum absolute atomic E-state index is 0.0696. The molecule has 4 aliphatic rings. The van der Waals surface area contributed by atoms with Gasteiger partial charge in [-0.25, -0.2) is 0 Å². The van der Waals surface area contributed by atoms with Crippen LogP contribution in [0, 0.1) is 22.7 Å². The molecule has 0 bridgehead atoms. The maximum atomic E-state index is 13.0. The summed E-state index contributed by atoms with van der Waals surface area (Å²) in [5.74, 6) is -0.265. The second-order valence-corrected chi connectivity index (χ2v) is 9.23. The third kappa shape index (κ3) is 2.14. The summed E-state index contributed by atoms with van der Waals surface area (Å²) in [7, 11) is 0. The molecule has 9 atom stereocenters. The summed E-state index contributed by atoms with van der Waals surface area (Å²) >= 11 is 0. The zero-order valence-electron chi connectivity index (χ0n) is 15.9. The van der Waals surface area contributed by atoms with E-state index in [1.165, 1.54) is 0 Å². The highest BCUT2D eigenvalue weighted by atomic mass is 16.7. The Balaban J connectivity index is 1.72. The molecule has 0 unspecified atom stereocenters. The molecule has 2 aliphatic carbocycles. The lowest BCUT2D eigenvalue weighted by atomic mass is 9.45. The van der Waals surface area contributed by atoms with Gasteiger partial charge in [0.1, 0.15) is 17.8 Å². The lowest BCUT2D eigenvalue weighted by Gasteiger charge is -2.58. The SMILES string of the molecule is CC1=CCC[C@@H]2[C@@]1(C)C(=O)[C@@H](O)[C@H](C)[C@@]2(C)C[C@H]1O[C@H](O)[C@@H](O)[C@@]12CO2. The van der Waals surface area contributed by atoms with Crippen molar-refractivity contribution in [3.63, 3.8) is 0 Å². The van der Waals surface area contributed by atoms with Gasteiger partial charge in [0.2, 0.25) is 0 Å². The Morgan fingerprint density at radius 2 is 1.92 bits per heavy atom. The van der Waals surface area contributed by atoms with Gasteiger partial charge in [0.25, 0.3) is 0 Å². The molecular formula is C20H30O6. The molecule has 0 aromatic rings. The molecule has 1 saturated carbocycles. The normalized spacial score (nSPS) is 56.4. The Morgan fingerprint density at radius 1 is 1.27 bits per heavy atom. The smallest absolute Gasteiger partial charge is 0.184 e. The largest absolute Gasteiger partial charge is 0.385 e. The fourth-order valence-corrected chi connectivity index (χ4v) is 5.99. The summed E-state index contributed by atoms with van der Waals surface area (Å²) in [5.41, 5.74) is -0.886. The first-order chi connectivity index (χ1) is 12.1. The molecule has 3 N–H and O–H groups in total. The highest BCUT2D eigenvalue weighted by molar-refractivity contribution is 5.93. The van der Waals surface area contributed by atoms with Crippen molar-refractivity contribution in [2.45, 2.75) is 77.2 Å². The molecule has 4 rings (SSSR count). The summed E-state index contributed by atoms with van der Waals surface area (Å²) in [6.07, 6.45) is 0.639. The topological polar surface area (TPSA) is 99.5 Å². The van der Waals surface area contributed by atoms with Crippen molar-refractivity contribution in [1.82, 2.24) is 0 Å². The highest BCUT2D eigenvalue weighted by Crippen LogP contribution is 2.62. The standard InChI is InChI=1S/C20H30O6/c1-10-6-5-7-12-18(3,11(2)14(21)15(22)19(10,12)4)8-13-20(9-25-20)16(23)17(24)26-13/h6,11-14,16-17,21,23-24H,5,7-9H2,1-4H3/t11-,12-,13+,14-,16+,17-,18+,19-,20+/m0/s1. The van der Waals surface area contributed by atoms with Gasteiger partial charge in [0.05, 0.1) is 18.1 Å². The maximum Gasteiger partial charge on any atom is 0.184 e. The van der Waals surface area contributed by atoms with Crippen molar-refractivity contribution in [1.29, 1.82) is 0 Å². The van der Waals surface area contributed by atoms with Crippen LogP contribution in [0.2, 0.25) is 0 Å². The van der Waals surface area contributed by atoms with E-state index in [2.05, 4.69) is 13.0 Å². The maximum absolute atomic E-state index is 13.0. The van der Waals surface area contributed by atoms with Crippen LogP contribution in [0.3, 0.4) is 0 Å². The van der Waals surface area contributed by atoms with Gasteiger partial charge in [-0.15, -0.1) is 0 Å². The van der Waals surface area contributed by atoms with Crippen LogP contribution in [0.5, 0.6) is 0 Å². The third-order valence-corrected chi connectivity index (χ3v) is 8.23. The zero-order chi connectivity index (χ0) is 19.1. The quantitative estimate of drug-likeness (QED) is 0.501. The van der Waals surface area contributed by atoms with Gasteiger partial charge in [-0.05, 0) is 50.4 Å². The van der Waals surface area contributed by atoms with E-state index in [1.807, 2.05) is 20.8 Å². The Kier molecular flexibility index (Phi) is 4.01. The zero-order valence-corrected chi connectivity index (χ0v) is 15.9. The van der Waals surface area contributed by atoms with Crippen LogP contribution >= 0.6 is 0 Å². The Labute approximate surface area is 154 Å². The number of hydrogen-bond donors (Lipinski definition) is 3. The van der Waals surface area contributed by atoms with Crippen molar-refractivity contribution in [3.8, 4) is 0 Å². The second kappa shape index (κ2) is 5.61. The van der Waals surface area contributed by atoms with E-state index in [9.17, 15) is 20.1 Å². The Hall–Kier alpha value is -0.790. The van der Waals surface area contributed by atoms with Crippen molar-refractivity contribution in [3.05, 3.63) is 11.6 Å². The van der Waals surface area contributed by atoms with Crippen molar-refractivity contribution >= 4 is 5.78 Å². The van der Waals surface area contributed by atoms with Crippen molar-refractivity contribution in [2.75, 3.05) is 6.61 Å². The fraction of sp³-hybridized carbons (Fsp3) is 0.850. The number of aliphatic hydroxyl groups excluding tert-OH is 3. The first kappa shape index (κ1) is 18.6. The van der Waals surface area contributed by atoms with E-state index in [1.54, 1.807) is 0 Å². The molecule has 0 aromatic heterocycles. The van der Waals surface area contributed by atoms with Crippen LogP contribution in [0.1, 0.15) is 47.0 Å². The molecule has 0 radical (unpaired) electrons. The monoisotopic (exact) mass is 366 g/mol. The number of aliphatic hydroxyl groups is 3. The lowest BCUT2D eigenvalue weighted by molar-refractivity contribution is -0.174. The van der Waals surface area contributed by atoms with Crippen LogP contribution in [-0.4, -0.2) is 57.9 Å². The summed E-state index contributed by atoms with van der Waals surface area (Å²) in [6, 6.07) is 0. The van der Waals surface area contributed by atoms with E-state index in [-0.39, 0.29) is 23.0 Å². The van der Waals surface area contributed by atoms with Gasteiger partial charge in [-0.3, -0.25) is 4.79 Å². The molecule has 146 valence electrons. The molecule has 2 saturated heterocycles. The number of fused-ring (bicyclic) bond motifs is 1. The predicted molar refractivity (Wildman–Crippen MR) is 93.1 cm³/mol. The van der Waals surface area contributed by atoms with E-state index in [0.717, 1.165) is 18.4 Å². The van der Waals surface area contributed by atoms with E-state index in [0.29, 0.717) is 13.0 Å². The molecule has 26 heavy (non-hydrogen) atoms. The molecule has 2 heterocycles. The Morgan fingerprint density at radius 3 is 2.54 bits per heavy atom. The van der Waals surface area contributed by atoms with Gasteiger partial charge >= 0.3 is 0 Å². The number of carbonyl (C=O) groups excluding carboxylic acids is 1. The number of rotatable bonds is 2. The Bertz CT molecular complexity index is 655. The molecule has 0 aromatic carbocycles. The molecule has 0 amide bonds. The lowest BCUT2D eigenvalue weighted by Crippen LogP contribution is -2.62. The first-order valence-electron chi connectivity index (χ1n) is 9.64. The number of epoxide rings is 1. The fourth-order valence-electron chi connectivity index (χ4n) is 5.99. The van der Waals surface area contributed by atoms with Gasteiger partial charge in [0.15, 0.2) is 12.1 Å². The minimum Gasteiger partial charge on any atom is -0.385 e. The second-order valence-electron chi connectivity index (χ2n) is 9.23. The minimum atomic E-state index is -1.25.